The molecule has 5 nitrogen and oxygen atoms in total. The molecular formula is C18H21NO4S. The molecule has 6 heteroatoms. The summed E-state index contributed by atoms with van der Waals surface area (Å²) in [5.74, 6) is 0.790. The lowest BCUT2D eigenvalue weighted by Crippen LogP contribution is -2.42. The van der Waals surface area contributed by atoms with E-state index in [4.69, 9.17) is 9.47 Å². The Bertz CT molecular complexity index is 848. The van der Waals surface area contributed by atoms with Crippen LogP contribution >= 0.6 is 0 Å². The van der Waals surface area contributed by atoms with Crippen LogP contribution in [0.2, 0.25) is 0 Å². The number of hydrogen-bond acceptors (Lipinski definition) is 4. The molecular weight excluding hydrogens is 326 g/mol. The van der Waals surface area contributed by atoms with Gasteiger partial charge in [0.2, 0.25) is 0 Å². The molecule has 2 aromatic rings. The maximum absolute atomic E-state index is 13.4. The molecule has 0 aromatic heterocycles. The second-order valence-electron chi connectivity index (χ2n) is 5.83. The normalized spacial score (nSPS) is 17.3. The molecule has 0 saturated heterocycles. The molecule has 3 rings (SSSR count). The fourth-order valence-corrected chi connectivity index (χ4v) is 5.01. The van der Waals surface area contributed by atoms with E-state index in [0.29, 0.717) is 11.5 Å². The summed E-state index contributed by atoms with van der Waals surface area (Å²) >= 11 is 0. The molecule has 0 N–H and O–H groups in total. The van der Waals surface area contributed by atoms with Crippen LogP contribution in [0, 0.1) is 0 Å². The van der Waals surface area contributed by atoms with Gasteiger partial charge in [-0.3, -0.25) is 4.31 Å². The zero-order chi connectivity index (χ0) is 17.3. The van der Waals surface area contributed by atoms with Crippen molar-refractivity contribution in [3.63, 3.8) is 0 Å². The van der Waals surface area contributed by atoms with E-state index in [0.717, 1.165) is 24.1 Å². The Morgan fingerprint density at radius 2 is 1.83 bits per heavy atom. The van der Waals surface area contributed by atoms with Gasteiger partial charge < -0.3 is 9.47 Å². The number of methoxy groups -OCH3 is 2. The van der Waals surface area contributed by atoms with Crippen molar-refractivity contribution in [3.8, 4) is 11.5 Å². The first-order chi connectivity index (χ1) is 11.5. The number of aryl methyl sites for hydroxylation is 1. The van der Waals surface area contributed by atoms with Crippen molar-refractivity contribution in [1.29, 1.82) is 0 Å². The molecule has 0 radical (unpaired) electrons. The quantitative estimate of drug-likeness (QED) is 0.852. The van der Waals surface area contributed by atoms with Crippen LogP contribution in [-0.4, -0.2) is 28.7 Å². The summed E-state index contributed by atoms with van der Waals surface area (Å²) < 4.78 is 38.8. The zero-order valence-corrected chi connectivity index (χ0v) is 14.8. The first-order valence-corrected chi connectivity index (χ1v) is 9.27. The van der Waals surface area contributed by atoms with E-state index in [-0.39, 0.29) is 10.9 Å². The molecule has 24 heavy (non-hydrogen) atoms. The lowest BCUT2D eigenvalue weighted by Gasteiger charge is -2.36. The summed E-state index contributed by atoms with van der Waals surface area (Å²) in [5.41, 5.74) is 1.78. The lowest BCUT2D eigenvalue weighted by atomic mass is 9.99. The van der Waals surface area contributed by atoms with Gasteiger partial charge in [-0.15, -0.1) is 0 Å². The number of sulfonamides is 1. The third kappa shape index (κ3) is 2.71. The van der Waals surface area contributed by atoms with E-state index < -0.39 is 10.0 Å². The first kappa shape index (κ1) is 16.6. The third-order valence-electron chi connectivity index (χ3n) is 4.37. The van der Waals surface area contributed by atoms with Gasteiger partial charge in [0, 0.05) is 12.1 Å². The van der Waals surface area contributed by atoms with Gasteiger partial charge in [0.15, 0.2) is 0 Å². The third-order valence-corrected chi connectivity index (χ3v) is 6.32. The van der Waals surface area contributed by atoms with Gasteiger partial charge in [0.25, 0.3) is 10.0 Å². The van der Waals surface area contributed by atoms with Crippen molar-refractivity contribution in [2.24, 2.45) is 0 Å². The highest BCUT2D eigenvalue weighted by atomic mass is 32.2. The van der Waals surface area contributed by atoms with E-state index in [2.05, 4.69) is 0 Å². The van der Waals surface area contributed by atoms with E-state index in [1.807, 2.05) is 31.2 Å². The molecule has 1 atom stereocenters. The van der Waals surface area contributed by atoms with Crippen LogP contribution < -0.4 is 13.8 Å². The number of nitrogens with zero attached hydrogens (tertiary/aromatic N) is 1. The number of benzene rings is 2. The second-order valence-corrected chi connectivity index (χ2v) is 7.62. The predicted octanol–water partition coefficient (Wildman–Crippen LogP) is 3.23. The Balaban J connectivity index is 2.18. The molecule has 0 aliphatic carbocycles. The zero-order valence-electron chi connectivity index (χ0n) is 14.0. The summed E-state index contributed by atoms with van der Waals surface area (Å²) in [6.07, 6.45) is 1.65. The Morgan fingerprint density at radius 3 is 2.54 bits per heavy atom. The number of anilines is 1. The van der Waals surface area contributed by atoms with Crippen molar-refractivity contribution < 1.29 is 17.9 Å². The summed E-state index contributed by atoms with van der Waals surface area (Å²) in [7, 11) is -0.794. The molecule has 1 aliphatic heterocycles. The van der Waals surface area contributed by atoms with Crippen molar-refractivity contribution >= 4 is 15.7 Å². The summed E-state index contributed by atoms with van der Waals surface area (Å²) in [6, 6.07) is 12.3. The second kappa shape index (κ2) is 6.36. The minimum absolute atomic E-state index is 0.118. The SMILES string of the molecule is COc1ccc(OC)c(S(=O)(=O)N2c3ccccc3CC[C@@H]2C)c1. The summed E-state index contributed by atoms with van der Waals surface area (Å²) in [6.45, 7) is 1.93. The Morgan fingerprint density at radius 1 is 1.08 bits per heavy atom. The molecule has 0 fully saturated rings. The average Bonchev–Trinajstić information content (AvgIpc) is 2.60. The van der Waals surface area contributed by atoms with E-state index in [1.165, 1.54) is 24.6 Å². The minimum Gasteiger partial charge on any atom is -0.497 e. The van der Waals surface area contributed by atoms with E-state index >= 15 is 0 Å². The van der Waals surface area contributed by atoms with Crippen molar-refractivity contribution in [2.45, 2.75) is 30.7 Å². The summed E-state index contributed by atoms with van der Waals surface area (Å²) in [5, 5.41) is 0. The molecule has 128 valence electrons. The van der Waals surface area contributed by atoms with Gasteiger partial charge in [-0.25, -0.2) is 8.42 Å². The number of ether oxygens (including phenoxy) is 2. The van der Waals surface area contributed by atoms with Crippen molar-refractivity contribution in [3.05, 3.63) is 48.0 Å². The fraction of sp³-hybridized carbons (Fsp3) is 0.333. The average molecular weight is 347 g/mol. The molecule has 0 saturated carbocycles. The van der Waals surface area contributed by atoms with Crippen molar-refractivity contribution in [2.75, 3.05) is 18.5 Å². The van der Waals surface area contributed by atoms with Crippen molar-refractivity contribution in [1.82, 2.24) is 0 Å². The number of rotatable bonds is 4. The molecule has 0 unspecified atom stereocenters. The van der Waals surface area contributed by atoms with Gasteiger partial charge in [-0.05, 0) is 43.5 Å². The maximum Gasteiger partial charge on any atom is 0.268 e. The molecule has 1 heterocycles. The highest BCUT2D eigenvalue weighted by molar-refractivity contribution is 7.93. The van der Waals surface area contributed by atoms with Crippen LogP contribution in [0.1, 0.15) is 18.9 Å². The molecule has 1 aliphatic rings. The van der Waals surface area contributed by atoms with Crippen LogP contribution in [-0.2, 0) is 16.4 Å². The Kier molecular flexibility index (Phi) is 4.41. The summed E-state index contributed by atoms with van der Waals surface area (Å²) in [4.78, 5) is 0.118. The largest absolute Gasteiger partial charge is 0.497 e. The van der Waals surface area contributed by atoms with Crippen LogP contribution in [0.5, 0.6) is 11.5 Å². The molecule has 0 spiro atoms. The highest BCUT2D eigenvalue weighted by Crippen LogP contribution is 2.38. The smallest absolute Gasteiger partial charge is 0.268 e. The Hall–Kier alpha value is -2.21. The van der Waals surface area contributed by atoms with Gasteiger partial charge >= 0.3 is 0 Å². The minimum atomic E-state index is -3.77. The predicted molar refractivity (Wildman–Crippen MR) is 93.4 cm³/mol. The lowest BCUT2D eigenvalue weighted by molar-refractivity contribution is 0.392. The molecule has 0 amide bonds. The van der Waals surface area contributed by atoms with Gasteiger partial charge in [-0.1, -0.05) is 18.2 Å². The van der Waals surface area contributed by atoms with Gasteiger partial charge in [0.1, 0.15) is 16.4 Å². The fourth-order valence-electron chi connectivity index (χ4n) is 3.11. The van der Waals surface area contributed by atoms with E-state index in [9.17, 15) is 8.42 Å². The van der Waals surface area contributed by atoms with Gasteiger partial charge in [0.05, 0.1) is 19.9 Å². The standard InChI is InChI=1S/C18H21NO4S/c1-13-8-9-14-6-4-5-7-16(14)19(13)24(20,21)18-12-15(22-2)10-11-17(18)23-3/h4-7,10-13H,8-9H2,1-3H3/t13-/m0/s1. The number of fused-ring (bicyclic) bond motifs is 1. The van der Waals surface area contributed by atoms with Crippen LogP contribution in [0.25, 0.3) is 0 Å². The molecule has 0 bridgehead atoms. The molecule has 2 aromatic carbocycles. The number of hydrogen-bond donors (Lipinski definition) is 0. The van der Waals surface area contributed by atoms with Crippen LogP contribution in [0.3, 0.4) is 0 Å². The Labute approximate surface area is 142 Å². The number of para-hydroxylation sites is 1. The van der Waals surface area contributed by atoms with E-state index in [1.54, 1.807) is 12.1 Å². The van der Waals surface area contributed by atoms with Gasteiger partial charge in [-0.2, -0.15) is 0 Å². The maximum atomic E-state index is 13.4. The highest BCUT2D eigenvalue weighted by Gasteiger charge is 2.35. The topological polar surface area (TPSA) is 55.8 Å². The van der Waals surface area contributed by atoms with Crippen LogP contribution in [0.15, 0.2) is 47.4 Å². The first-order valence-electron chi connectivity index (χ1n) is 7.83. The van der Waals surface area contributed by atoms with Crippen LogP contribution in [0.4, 0.5) is 5.69 Å². The monoisotopic (exact) mass is 347 g/mol.